The van der Waals surface area contributed by atoms with E-state index in [1.54, 1.807) is 34.0 Å². The van der Waals surface area contributed by atoms with Crippen LogP contribution < -0.4 is 0 Å². The van der Waals surface area contributed by atoms with Crippen LogP contribution in [0.5, 0.6) is 0 Å². The number of carbonyl (C=O) groups excluding carboxylic acids is 1. The lowest BCUT2D eigenvalue weighted by Gasteiger charge is -2.21. The van der Waals surface area contributed by atoms with Gasteiger partial charge in [-0.2, -0.15) is 11.3 Å². The van der Waals surface area contributed by atoms with Crippen molar-refractivity contribution in [1.29, 1.82) is 0 Å². The van der Waals surface area contributed by atoms with E-state index in [4.69, 9.17) is 0 Å². The molecule has 25 heavy (non-hydrogen) atoms. The van der Waals surface area contributed by atoms with Crippen LogP contribution in [0.15, 0.2) is 39.7 Å². The first-order chi connectivity index (χ1) is 12.3. The smallest absolute Gasteiger partial charge is 0.273 e. The Bertz CT molecular complexity index is 811. The largest absolute Gasteiger partial charge is 0.336 e. The summed E-state index contributed by atoms with van der Waals surface area (Å²) in [5.41, 5.74) is 1.69. The molecule has 1 aliphatic rings. The fraction of sp³-hybridized carbons (Fsp3) is 0.333. The fourth-order valence-corrected chi connectivity index (χ4v) is 5.26. The average Bonchev–Trinajstić information content (AvgIpc) is 3.35. The molecule has 4 rings (SSSR count). The van der Waals surface area contributed by atoms with E-state index >= 15 is 0 Å². The summed E-state index contributed by atoms with van der Waals surface area (Å²) in [4.78, 5) is 23.2. The van der Waals surface area contributed by atoms with Gasteiger partial charge >= 0.3 is 0 Å². The third-order valence-corrected chi connectivity index (χ3v) is 6.76. The predicted octanol–water partition coefficient (Wildman–Crippen LogP) is 4.28. The number of rotatable bonds is 4. The highest BCUT2D eigenvalue weighted by atomic mass is 32.1. The molecule has 4 heterocycles. The van der Waals surface area contributed by atoms with Crippen LogP contribution in [0.1, 0.15) is 21.8 Å². The van der Waals surface area contributed by atoms with Crippen molar-refractivity contribution in [3.63, 3.8) is 0 Å². The lowest BCUT2D eigenvalue weighted by Crippen LogP contribution is -2.35. The van der Waals surface area contributed by atoms with Crippen LogP contribution in [-0.2, 0) is 6.54 Å². The van der Waals surface area contributed by atoms with Crippen molar-refractivity contribution in [2.24, 2.45) is 0 Å². The fourth-order valence-electron chi connectivity index (χ4n) is 3.01. The second-order valence-corrected chi connectivity index (χ2v) is 8.72. The molecule has 0 aliphatic carbocycles. The number of carbonyl (C=O) groups is 1. The van der Waals surface area contributed by atoms with Gasteiger partial charge in [0.1, 0.15) is 10.7 Å². The van der Waals surface area contributed by atoms with Gasteiger partial charge in [-0.1, -0.05) is 6.07 Å². The van der Waals surface area contributed by atoms with Crippen LogP contribution in [0, 0.1) is 0 Å². The summed E-state index contributed by atoms with van der Waals surface area (Å²) in [6.45, 7) is 4.53. The Hall–Kier alpha value is -1.54. The zero-order valence-electron chi connectivity index (χ0n) is 13.8. The molecule has 1 saturated heterocycles. The minimum Gasteiger partial charge on any atom is -0.336 e. The van der Waals surface area contributed by atoms with E-state index < -0.39 is 0 Å². The molecular formula is C18H19N3OS3. The molecule has 3 aromatic heterocycles. The maximum Gasteiger partial charge on any atom is 0.273 e. The first-order valence-corrected chi connectivity index (χ1v) is 11.0. The molecule has 0 N–H and O–H groups in total. The molecule has 130 valence electrons. The molecule has 1 aliphatic heterocycles. The minimum atomic E-state index is 0.0655. The van der Waals surface area contributed by atoms with Crippen LogP contribution in [-0.4, -0.2) is 46.9 Å². The molecular weight excluding hydrogens is 370 g/mol. The lowest BCUT2D eigenvalue weighted by molar-refractivity contribution is 0.0756. The minimum absolute atomic E-state index is 0.0655. The van der Waals surface area contributed by atoms with Gasteiger partial charge in [0.25, 0.3) is 5.91 Å². The van der Waals surface area contributed by atoms with E-state index in [1.165, 1.54) is 4.88 Å². The molecule has 0 saturated carbocycles. The Morgan fingerprint density at radius 1 is 1.08 bits per heavy atom. The molecule has 4 nitrogen and oxygen atoms in total. The van der Waals surface area contributed by atoms with Gasteiger partial charge in [-0.3, -0.25) is 9.69 Å². The van der Waals surface area contributed by atoms with Crippen molar-refractivity contribution < 1.29 is 4.79 Å². The first kappa shape index (κ1) is 16.9. The number of amides is 1. The summed E-state index contributed by atoms with van der Waals surface area (Å²) in [6.07, 6.45) is 1.01. The Labute approximate surface area is 159 Å². The number of hydrogen-bond donors (Lipinski definition) is 0. The van der Waals surface area contributed by atoms with Gasteiger partial charge in [0.2, 0.25) is 0 Å². The second-order valence-electron chi connectivity index (χ2n) is 6.05. The monoisotopic (exact) mass is 389 g/mol. The van der Waals surface area contributed by atoms with Gasteiger partial charge < -0.3 is 4.90 Å². The summed E-state index contributed by atoms with van der Waals surface area (Å²) in [5.74, 6) is 0.0655. The quantitative estimate of drug-likeness (QED) is 0.668. The molecule has 0 aromatic carbocycles. The van der Waals surface area contributed by atoms with Crippen LogP contribution in [0.2, 0.25) is 0 Å². The molecule has 1 fully saturated rings. The van der Waals surface area contributed by atoms with E-state index in [9.17, 15) is 4.79 Å². The lowest BCUT2D eigenvalue weighted by atomic mass is 10.3. The maximum atomic E-state index is 12.8. The standard InChI is InChI=1S/C18H19N3OS3/c22-18(16-13-25-17(19-16)14-4-10-23-12-14)21-6-2-5-20(7-8-21)11-15-3-1-9-24-15/h1,3-4,9-10,12-13H,2,5-8,11H2. The Morgan fingerprint density at radius 3 is 2.84 bits per heavy atom. The molecule has 3 aromatic rings. The van der Waals surface area contributed by atoms with Gasteiger partial charge in [-0.05, 0) is 29.3 Å². The van der Waals surface area contributed by atoms with Gasteiger partial charge in [-0.15, -0.1) is 22.7 Å². The van der Waals surface area contributed by atoms with Crippen molar-refractivity contribution in [3.05, 3.63) is 50.3 Å². The zero-order chi connectivity index (χ0) is 17.1. The van der Waals surface area contributed by atoms with Crippen LogP contribution in [0.25, 0.3) is 10.6 Å². The first-order valence-electron chi connectivity index (χ1n) is 8.32. The van der Waals surface area contributed by atoms with E-state index in [-0.39, 0.29) is 5.91 Å². The van der Waals surface area contributed by atoms with Crippen molar-refractivity contribution in [1.82, 2.24) is 14.8 Å². The number of thiazole rings is 1. The normalized spacial score (nSPS) is 16.1. The molecule has 1 amide bonds. The van der Waals surface area contributed by atoms with E-state index in [2.05, 4.69) is 32.8 Å². The Balaban J connectivity index is 1.39. The van der Waals surface area contributed by atoms with E-state index in [0.29, 0.717) is 5.69 Å². The van der Waals surface area contributed by atoms with E-state index in [1.807, 2.05) is 21.7 Å². The highest BCUT2D eigenvalue weighted by Crippen LogP contribution is 2.26. The van der Waals surface area contributed by atoms with Crippen molar-refractivity contribution >= 4 is 39.9 Å². The number of thiophene rings is 2. The topological polar surface area (TPSA) is 36.4 Å². The van der Waals surface area contributed by atoms with Crippen molar-refractivity contribution in [2.45, 2.75) is 13.0 Å². The average molecular weight is 390 g/mol. The van der Waals surface area contributed by atoms with Crippen molar-refractivity contribution in [3.8, 4) is 10.6 Å². The van der Waals surface area contributed by atoms with Gasteiger partial charge in [0.05, 0.1) is 0 Å². The summed E-state index contributed by atoms with van der Waals surface area (Å²) in [7, 11) is 0. The number of nitrogens with zero attached hydrogens (tertiary/aromatic N) is 3. The molecule has 0 spiro atoms. The van der Waals surface area contributed by atoms with Crippen LogP contribution in [0.3, 0.4) is 0 Å². The highest BCUT2D eigenvalue weighted by molar-refractivity contribution is 7.14. The molecule has 7 heteroatoms. The van der Waals surface area contributed by atoms with Crippen LogP contribution >= 0.6 is 34.0 Å². The van der Waals surface area contributed by atoms with Crippen LogP contribution in [0.4, 0.5) is 0 Å². The van der Waals surface area contributed by atoms with Gasteiger partial charge in [-0.25, -0.2) is 4.98 Å². The SMILES string of the molecule is O=C(c1csc(-c2ccsc2)n1)N1CCCN(Cc2cccs2)CC1. The third kappa shape index (κ3) is 4.00. The zero-order valence-corrected chi connectivity index (χ0v) is 16.2. The van der Waals surface area contributed by atoms with Crippen molar-refractivity contribution in [2.75, 3.05) is 26.2 Å². The Kier molecular flexibility index (Phi) is 5.26. The number of hydrogen-bond acceptors (Lipinski definition) is 6. The molecule has 0 bridgehead atoms. The number of aromatic nitrogens is 1. The summed E-state index contributed by atoms with van der Waals surface area (Å²) < 4.78 is 0. The molecule has 0 atom stereocenters. The van der Waals surface area contributed by atoms with Gasteiger partial charge in [0.15, 0.2) is 0 Å². The third-order valence-electron chi connectivity index (χ3n) is 4.33. The highest BCUT2D eigenvalue weighted by Gasteiger charge is 2.22. The maximum absolute atomic E-state index is 12.8. The summed E-state index contributed by atoms with van der Waals surface area (Å²) in [6, 6.07) is 6.33. The van der Waals surface area contributed by atoms with Gasteiger partial charge in [0, 0.05) is 53.9 Å². The second kappa shape index (κ2) is 7.78. The Morgan fingerprint density at radius 2 is 2.04 bits per heavy atom. The predicted molar refractivity (Wildman–Crippen MR) is 106 cm³/mol. The molecule has 0 radical (unpaired) electrons. The van der Waals surface area contributed by atoms with E-state index in [0.717, 1.165) is 49.7 Å². The molecule has 0 unspecified atom stereocenters. The summed E-state index contributed by atoms with van der Waals surface area (Å²) >= 11 is 5.00. The summed E-state index contributed by atoms with van der Waals surface area (Å²) in [5, 5.41) is 9.05.